The molecule has 1 saturated carbocycles. The Balaban J connectivity index is 1.54. The smallest absolute Gasteiger partial charge is 0.225 e. The number of likely N-dealkylation sites (tertiary alicyclic amines) is 1. The van der Waals surface area contributed by atoms with Gasteiger partial charge in [-0.1, -0.05) is 12.8 Å². The Hall–Kier alpha value is -2.18. The van der Waals surface area contributed by atoms with Crippen molar-refractivity contribution in [3.63, 3.8) is 0 Å². The van der Waals surface area contributed by atoms with Crippen molar-refractivity contribution in [2.75, 3.05) is 32.0 Å². The fraction of sp³-hybridized carbons (Fsp3) is 0.714. The Kier molecular flexibility index (Phi) is 5.51. The lowest BCUT2D eigenvalue weighted by Crippen LogP contribution is -2.42. The van der Waals surface area contributed by atoms with Crippen molar-refractivity contribution < 1.29 is 9.59 Å². The predicted octanol–water partition coefficient (Wildman–Crippen LogP) is 2.32. The molecule has 0 bridgehead atoms. The Morgan fingerprint density at radius 1 is 1.04 bits per heavy atom. The minimum atomic E-state index is 0.0881. The van der Waals surface area contributed by atoms with E-state index in [1.807, 2.05) is 11.9 Å². The first-order valence-corrected chi connectivity index (χ1v) is 10.7. The molecule has 3 aliphatic rings. The fourth-order valence-corrected chi connectivity index (χ4v) is 4.91. The first kappa shape index (κ1) is 19.2. The van der Waals surface area contributed by atoms with E-state index in [0.717, 1.165) is 68.1 Å². The van der Waals surface area contributed by atoms with Crippen molar-refractivity contribution >= 4 is 17.6 Å². The van der Waals surface area contributed by atoms with E-state index in [-0.39, 0.29) is 17.7 Å². The maximum Gasteiger partial charge on any atom is 0.225 e. The highest BCUT2D eigenvalue weighted by Crippen LogP contribution is 2.32. The molecule has 1 saturated heterocycles. The van der Waals surface area contributed by atoms with Crippen LogP contribution >= 0.6 is 0 Å². The highest BCUT2D eigenvalue weighted by atomic mass is 16.2. The number of nitrogens with one attached hydrogen (secondary N) is 1. The summed E-state index contributed by atoms with van der Waals surface area (Å²) in [5.41, 5.74) is 2.08. The summed E-state index contributed by atoms with van der Waals surface area (Å²) in [5.74, 6) is 2.53. The van der Waals surface area contributed by atoms with Crippen molar-refractivity contribution in [1.82, 2.24) is 19.8 Å². The Labute approximate surface area is 166 Å². The topological polar surface area (TPSA) is 78.4 Å². The van der Waals surface area contributed by atoms with Crippen LogP contribution < -0.4 is 5.32 Å². The van der Waals surface area contributed by atoms with Gasteiger partial charge in [0.1, 0.15) is 11.6 Å². The molecule has 1 unspecified atom stereocenters. The highest BCUT2D eigenvalue weighted by molar-refractivity contribution is 5.79. The van der Waals surface area contributed by atoms with Crippen LogP contribution in [0.4, 0.5) is 5.82 Å². The van der Waals surface area contributed by atoms with Gasteiger partial charge >= 0.3 is 0 Å². The molecule has 2 aliphatic heterocycles. The summed E-state index contributed by atoms with van der Waals surface area (Å²) in [6.07, 6.45) is 7.26. The van der Waals surface area contributed by atoms with Gasteiger partial charge in [0.2, 0.25) is 11.8 Å². The molecule has 1 N–H and O–H groups in total. The Morgan fingerprint density at radius 3 is 2.54 bits per heavy atom. The van der Waals surface area contributed by atoms with Crippen molar-refractivity contribution in [3.05, 3.63) is 17.1 Å². The second-order valence-electron chi connectivity index (χ2n) is 8.40. The molecule has 152 valence electrons. The summed E-state index contributed by atoms with van der Waals surface area (Å²) in [6.45, 7) is 4.48. The molecule has 4 rings (SSSR count). The summed E-state index contributed by atoms with van der Waals surface area (Å²) in [5, 5.41) is 3.20. The van der Waals surface area contributed by atoms with Crippen LogP contribution in [0.2, 0.25) is 0 Å². The largest absolute Gasteiger partial charge is 0.373 e. The Morgan fingerprint density at radius 2 is 1.82 bits per heavy atom. The molecule has 7 heteroatoms. The van der Waals surface area contributed by atoms with Crippen LogP contribution in [0.15, 0.2) is 0 Å². The van der Waals surface area contributed by atoms with Gasteiger partial charge in [0.15, 0.2) is 0 Å². The molecule has 2 amide bonds. The molecule has 1 aliphatic carbocycles. The number of hydrogen-bond acceptors (Lipinski definition) is 5. The third kappa shape index (κ3) is 3.71. The summed E-state index contributed by atoms with van der Waals surface area (Å²) >= 11 is 0. The summed E-state index contributed by atoms with van der Waals surface area (Å²) < 4.78 is 0. The molecule has 7 nitrogen and oxygen atoms in total. The molecule has 1 aromatic rings. The first-order chi connectivity index (χ1) is 13.6. The van der Waals surface area contributed by atoms with E-state index in [4.69, 9.17) is 9.97 Å². The van der Waals surface area contributed by atoms with Gasteiger partial charge in [0, 0.05) is 57.4 Å². The van der Waals surface area contributed by atoms with Crippen LogP contribution in [0.1, 0.15) is 68.4 Å². The van der Waals surface area contributed by atoms with Crippen molar-refractivity contribution in [2.24, 2.45) is 5.92 Å². The minimum Gasteiger partial charge on any atom is -0.373 e. The van der Waals surface area contributed by atoms with Crippen LogP contribution in [-0.2, 0) is 22.6 Å². The number of nitrogens with zero attached hydrogens (tertiary/aromatic N) is 4. The number of fused-ring (bicyclic) bond motifs is 1. The zero-order valence-corrected chi connectivity index (χ0v) is 17.0. The molecule has 2 fully saturated rings. The molecule has 3 heterocycles. The van der Waals surface area contributed by atoms with E-state index >= 15 is 0 Å². The quantitative estimate of drug-likeness (QED) is 0.864. The third-order valence-electron chi connectivity index (χ3n) is 6.56. The Bertz CT molecular complexity index is 742. The second kappa shape index (κ2) is 8.05. The molecule has 0 aromatic carbocycles. The number of carbonyl (C=O) groups is 2. The van der Waals surface area contributed by atoms with E-state index < -0.39 is 0 Å². The molecule has 0 spiro atoms. The maximum atomic E-state index is 12.9. The number of anilines is 1. The number of aromatic nitrogens is 2. The van der Waals surface area contributed by atoms with Crippen LogP contribution in [0.3, 0.4) is 0 Å². The first-order valence-electron chi connectivity index (χ1n) is 10.7. The van der Waals surface area contributed by atoms with Gasteiger partial charge in [-0.15, -0.1) is 0 Å². The highest BCUT2D eigenvalue weighted by Gasteiger charge is 2.33. The normalized spacial score (nSPS) is 22.9. The molecular weight excluding hydrogens is 354 g/mol. The molecular formula is C21H31N5O2. The van der Waals surface area contributed by atoms with Gasteiger partial charge in [-0.2, -0.15) is 0 Å². The van der Waals surface area contributed by atoms with E-state index in [1.165, 1.54) is 12.8 Å². The monoisotopic (exact) mass is 385 g/mol. The van der Waals surface area contributed by atoms with Crippen LogP contribution in [-0.4, -0.2) is 58.3 Å². The fourth-order valence-electron chi connectivity index (χ4n) is 4.91. The average Bonchev–Trinajstić information content (AvgIpc) is 3.26. The lowest BCUT2D eigenvalue weighted by atomic mass is 9.94. The number of piperidine rings is 1. The predicted molar refractivity (Wildman–Crippen MR) is 107 cm³/mol. The lowest BCUT2D eigenvalue weighted by Gasteiger charge is -2.34. The molecule has 0 radical (unpaired) electrons. The number of rotatable bonds is 3. The van der Waals surface area contributed by atoms with Crippen LogP contribution in [0, 0.1) is 5.92 Å². The number of carbonyl (C=O) groups excluding carboxylic acids is 2. The maximum absolute atomic E-state index is 12.9. The number of hydrogen-bond donors (Lipinski definition) is 1. The van der Waals surface area contributed by atoms with E-state index in [0.29, 0.717) is 19.0 Å². The van der Waals surface area contributed by atoms with Crippen LogP contribution in [0.25, 0.3) is 0 Å². The zero-order valence-electron chi connectivity index (χ0n) is 17.0. The van der Waals surface area contributed by atoms with E-state index in [1.54, 1.807) is 6.92 Å². The second-order valence-corrected chi connectivity index (χ2v) is 8.40. The van der Waals surface area contributed by atoms with E-state index in [2.05, 4.69) is 10.2 Å². The van der Waals surface area contributed by atoms with Gasteiger partial charge in [-0.3, -0.25) is 9.59 Å². The van der Waals surface area contributed by atoms with Crippen LogP contribution in [0.5, 0.6) is 0 Å². The standard InChI is InChI=1S/C21H31N5O2/c1-14(27)25-11-9-18-17(13-25)20(22-2)24-19(23-18)16-8-5-10-26(12-16)21(28)15-6-3-4-7-15/h15-16H,3-13H2,1-2H3,(H,22,23,24). The van der Waals surface area contributed by atoms with Gasteiger partial charge in [0.05, 0.1) is 12.2 Å². The van der Waals surface area contributed by atoms with Gasteiger partial charge in [-0.05, 0) is 25.7 Å². The lowest BCUT2D eigenvalue weighted by molar-refractivity contribution is -0.136. The number of amides is 2. The molecule has 1 atom stereocenters. The molecule has 28 heavy (non-hydrogen) atoms. The van der Waals surface area contributed by atoms with E-state index in [9.17, 15) is 9.59 Å². The molecule has 1 aromatic heterocycles. The van der Waals surface area contributed by atoms with Gasteiger partial charge in [0.25, 0.3) is 0 Å². The third-order valence-corrected chi connectivity index (χ3v) is 6.56. The van der Waals surface area contributed by atoms with Crippen molar-refractivity contribution in [2.45, 2.75) is 64.3 Å². The van der Waals surface area contributed by atoms with Gasteiger partial charge < -0.3 is 15.1 Å². The summed E-state index contributed by atoms with van der Waals surface area (Å²) in [4.78, 5) is 38.2. The van der Waals surface area contributed by atoms with Crippen molar-refractivity contribution in [3.8, 4) is 0 Å². The summed E-state index contributed by atoms with van der Waals surface area (Å²) in [7, 11) is 1.87. The average molecular weight is 386 g/mol. The zero-order chi connectivity index (χ0) is 19.7. The van der Waals surface area contributed by atoms with Gasteiger partial charge in [-0.25, -0.2) is 9.97 Å². The summed E-state index contributed by atoms with van der Waals surface area (Å²) in [6, 6.07) is 0. The van der Waals surface area contributed by atoms with Crippen molar-refractivity contribution in [1.29, 1.82) is 0 Å². The minimum absolute atomic E-state index is 0.0881. The SMILES string of the molecule is CNc1nc(C2CCCN(C(=O)C3CCCC3)C2)nc2c1CN(C(C)=O)CC2.